The second-order valence-corrected chi connectivity index (χ2v) is 2.89. The zero-order valence-corrected chi connectivity index (χ0v) is 8.27. The van der Waals surface area contributed by atoms with Gasteiger partial charge in [0, 0.05) is 0 Å². The van der Waals surface area contributed by atoms with E-state index >= 15 is 0 Å². The van der Waals surface area contributed by atoms with Gasteiger partial charge in [0.05, 0.1) is 18.4 Å². The molecule has 1 aliphatic rings. The molecule has 2 rings (SSSR count). The first-order valence-corrected chi connectivity index (χ1v) is 4.59. The number of benzene rings is 1. The van der Waals surface area contributed by atoms with Crippen LogP contribution in [0.15, 0.2) is 17.3 Å². The minimum Gasteiger partial charge on any atom is -0.493 e. The number of hydrogen-bond donors (Lipinski definition) is 1. The van der Waals surface area contributed by atoms with E-state index in [1.165, 1.54) is 6.21 Å². The molecule has 0 fully saturated rings. The molecular formula is C10H11NO4. The molecule has 0 saturated carbocycles. The Morgan fingerprint density at radius 1 is 1.53 bits per heavy atom. The normalized spacial score (nSPS) is 13.4. The van der Waals surface area contributed by atoms with Crippen molar-refractivity contribution in [2.24, 2.45) is 5.16 Å². The fourth-order valence-electron chi connectivity index (χ4n) is 1.44. The van der Waals surface area contributed by atoms with Crippen molar-refractivity contribution >= 4 is 6.21 Å². The van der Waals surface area contributed by atoms with Gasteiger partial charge in [-0.05, 0) is 19.1 Å². The lowest BCUT2D eigenvalue weighted by molar-refractivity contribution is 0.173. The molecule has 0 saturated heterocycles. The van der Waals surface area contributed by atoms with E-state index in [1.54, 1.807) is 12.1 Å². The molecule has 15 heavy (non-hydrogen) atoms. The summed E-state index contributed by atoms with van der Waals surface area (Å²) in [7, 11) is 0. The van der Waals surface area contributed by atoms with E-state index in [4.69, 9.17) is 19.4 Å². The molecule has 1 aliphatic heterocycles. The van der Waals surface area contributed by atoms with Gasteiger partial charge in [0.25, 0.3) is 0 Å². The van der Waals surface area contributed by atoms with E-state index in [1.807, 2.05) is 6.92 Å². The summed E-state index contributed by atoms with van der Waals surface area (Å²) in [6.45, 7) is 2.59. The largest absolute Gasteiger partial charge is 0.493 e. The molecule has 5 heteroatoms. The van der Waals surface area contributed by atoms with Gasteiger partial charge in [0.2, 0.25) is 6.79 Å². The minimum absolute atomic E-state index is 0.178. The highest BCUT2D eigenvalue weighted by atomic mass is 16.7. The van der Waals surface area contributed by atoms with Gasteiger partial charge in [-0.3, -0.25) is 0 Å². The van der Waals surface area contributed by atoms with Crippen LogP contribution in [0.25, 0.3) is 0 Å². The first-order chi connectivity index (χ1) is 7.36. The average Bonchev–Trinajstić information content (AvgIpc) is 2.70. The Labute approximate surface area is 86.9 Å². The number of rotatable bonds is 3. The standard InChI is InChI=1S/C10H11NO4/c1-2-13-8-3-4-9-10(15-6-14-9)7(8)5-11-12/h3-5,12H,2,6H2,1H3/b11-5-. The molecule has 0 spiro atoms. The van der Waals surface area contributed by atoms with Gasteiger partial charge in [0.1, 0.15) is 5.75 Å². The smallest absolute Gasteiger partial charge is 0.231 e. The van der Waals surface area contributed by atoms with Gasteiger partial charge in [-0.15, -0.1) is 0 Å². The van der Waals surface area contributed by atoms with Crippen molar-refractivity contribution in [1.82, 2.24) is 0 Å². The third kappa shape index (κ3) is 1.68. The molecule has 0 aliphatic carbocycles. The lowest BCUT2D eigenvalue weighted by Crippen LogP contribution is -1.98. The molecule has 0 atom stereocenters. The van der Waals surface area contributed by atoms with Crippen molar-refractivity contribution < 1.29 is 19.4 Å². The van der Waals surface area contributed by atoms with E-state index in [0.29, 0.717) is 29.4 Å². The van der Waals surface area contributed by atoms with Gasteiger partial charge >= 0.3 is 0 Å². The summed E-state index contributed by atoms with van der Waals surface area (Å²) < 4.78 is 15.8. The molecule has 0 unspecified atom stereocenters. The first-order valence-electron chi connectivity index (χ1n) is 4.59. The van der Waals surface area contributed by atoms with E-state index < -0.39 is 0 Å². The molecule has 1 aromatic rings. The van der Waals surface area contributed by atoms with Crippen molar-refractivity contribution in [1.29, 1.82) is 0 Å². The van der Waals surface area contributed by atoms with E-state index in [-0.39, 0.29) is 6.79 Å². The summed E-state index contributed by atoms with van der Waals surface area (Å²) in [5, 5.41) is 11.5. The van der Waals surface area contributed by atoms with E-state index in [2.05, 4.69) is 5.16 Å². The maximum absolute atomic E-state index is 8.56. The Balaban J connectivity index is 2.48. The van der Waals surface area contributed by atoms with Crippen molar-refractivity contribution in [2.45, 2.75) is 6.92 Å². The van der Waals surface area contributed by atoms with Crippen molar-refractivity contribution in [3.8, 4) is 17.2 Å². The number of hydrogen-bond acceptors (Lipinski definition) is 5. The van der Waals surface area contributed by atoms with Gasteiger partial charge in [-0.1, -0.05) is 5.16 Å². The quantitative estimate of drug-likeness (QED) is 0.467. The number of ether oxygens (including phenoxy) is 3. The monoisotopic (exact) mass is 209 g/mol. The molecule has 0 aromatic heterocycles. The molecule has 1 heterocycles. The van der Waals surface area contributed by atoms with Crippen LogP contribution in [0.1, 0.15) is 12.5 Å². The molecule has 1 aromatic carbocycles. The average molecular weight is 209 g/mol. The summed E-state index contributed by atoms with van der Waals surface area (Å²) in [6.07, 6.45) is 1.28. The Hall–Kier alpha value is -1.91. The van der Waals surface area contributed by atoms with Crippen molar-refractivity contribution in [2.75, 3.05) is 13.4 Å². The number of oxime groups is 1. The molecule has 0 bridgehead atoms. The topological polar surface area (TPSA) is 60.3 Å². The predicted octanol–water partition coefficient (Wildman–Crippen LogP) is 1.62. The van der Waals surface area contributed by atoms with Crippen LogP contribution in [0, 0.1) is 0 Å². The highest BCUT2D eigenvalue weighted by Gasteiger charge is 2.20. The van der Waals surface area contributed by atoms with Gasteiger partial charge in [-0.25, -0.2) is 0 Å². The predicted molar refractivity (Wildman–Crippen MR) is 53.1 cm³/mol. The van der Waals surface area contributed by atoms with E-state index in [9.17, 15) is 0 Å². The van der Waals surface area contributed by atoms with Gasteiger partial charge in [0.15, 0.2) is 11.5 Å². The lowest BCUT2D eigenvalue weighted by Gasteiger charge is -2.08. The number of fused-ring (bicyclic) bond motifs is 1. The van der Waals surface area contributed by atoms with Crippen LogP contribution in [-0.2, 0) is 0 Å². The van der Waals surface area contributed by atoms with Crippen LogP contribution < -0.4 is 14.2 Å². The molecule has 0 amide bonds. The summed E-state index contributed by atoms with van der Waals surface area (Å²) in [5.41, 5.74) is 0.592. The summed E-state index contributed by atoms with van der Waals surface area (Å²) in [4.78, 5) is 0. The Bertz CT molecular complexity index is 389. The van der Waals surface area contributed by atoms with Crippen molar-refractivity contribution in [3.63, 3.8) is 0 Å². The Kier molecular flexibility index (Phi) is 2.62. The molecule has 5 nitrogen and oxygen atoms in total. The van der Waals surface area contributed by atoms with Crippen LogP contribution in [0.2, 0.25) is 0 Å². The Morgan fingerprint density at radius 2 is 2.40 bits per heavy atom. The van der Waals surface area contributed by atoms with Crippen LogP contribution in [-0.4, -0.2) is 24.8 Å². The number of nitrogens with zero attached hydrogens (tertiary/aromatic N) is 1. The van der Waals surface area contributed by atoms with Crippen LogP contribution >= 0.6 is 0 Å². The van der Waals surface area contributed by atoms with Gasteiger partial charge in [-0.2, -0.15) is 0 Å². The lowest BCUT2D eigenvalue weighted by atomic mass is 10.2. The molecule has 0 radical (unpaired) electrons. The SMILES string of the molecule is CCOc1ccc2c(c1/C=N\O)OCO2. The third-order valence-electron chi connectivity index (χ3n) is 2.02. The molecular weight excluding hydrogens is 198 g/mol. The zero-order valence-electron chi connectivity index (χ0n) is 8.27. The van der Waals surface area contributed by atoms with Crippen LogP contribution in [0.5, 0.6) is 17.2 Å². The second-order valence-electron chi connectivity index (χ2n) is 2.89. The summed E-state index contributed by atoms with van der Waals surface area (Å²) in [5.74, 6) is 1.80. The highest BCUT2D eigenvalue weighted by molar-refractivity contribution is 5.88. The molecule has 1 N–H and O–H groups in total. The van der Waals surface area contributed by atoms with Crippen molar-refractivity contribution in [3.05, 3.63) is 17.7 Å². The fraction of sp³-hybridized carbons (Fsp3) is 0.300. The van der Waals surface area contributed by atoms with Crippen LogP contribution in [0.4, 0.5) is 0 Å². The van der Waals surface area contributed by atoms with Crippen LogP contribution in [0.3, 0.4) is 0 Å². The zero-order chi connectivity index (χ0) is 10.7. The van der Waals surface area contributed by atoms with Gasteiger partial charge < -0.3 is 19.4 Å². The summed E-state index contributed by atoms with van der Waals surface area (Å²) in [6, 6.07) is 3.52. The highest BCUT2D eigenvalue weighted by Crippen LogP contribution is 2.39. The maximum Gasteiger partial charge on any atom is 0.231 e. The summed E-state index contributed by atoms with van der Waals surface area (Å²) >= 11 is 0. The fourth-order valence-corrected chi connectivity index (χ4v) is 1.44. The third-order valence-corrected chi connectivity index (χ3v) is 2.02. The maximum atomic E-state index is 8.56. The Morgan fingerprint density at radius 3 is 3.13 bits per heavy atom. The second kappa shape index (κ2) is 4.08. The molecule has 80 valence electrons. The van der Waals surface area contributed by atoms with E-state index in [0.717, 1.165) is 0 Å². The first kappa shape index (κ1) is 9.64. The minimum atomic E-state index is 0.178.